The summed E-state index contributed by atoms with van der Waals surface area (Å²) in [7, 11) is -1.53. The third-order valence-corrected chi connectivity index (χ3v) is 11.0. The van der Waals surface area contributed by atoms with Crippen LogP contribution in [0.2, 0.25) is 19.6 Å². The number of allylic oxidation sites excluding steroid dienone is 10. The Kier molecular flexibility index (Phi) is 9.10. The Morgan fingerprint density at radius 3 is 1.90 bits per heavy atom. The zero-order valence-corrected chi connectivity index (χ0v) is 29.1. The van der Waals surface area contributed by atoms with E-state index in [4.69, 9.17) is 0 Å². The minimum absolute atomic E-state index is 0.350. The molecule has 0 aromatic heterocycles. The van der Waals surface area contributed by atoms with Crippen LogP contribution >= 0.6 is 0 Å². The molecule has 0 spiro atoms. The Balaban J connectivity index is 1.59. The highest BCUT2D eigenvalue weighted by atomic mass is 28.3. The van der Waals surface area contributed by atoms with Gasteiger partial charge in [-0.25, -0.2) is 17.6 Å². The van der Waals surface area contributed by atoms with E-state index < -0.39 is 65.0 Å². The van der Waals surface area contributed by atoms with Gasteiger partial charge in [-0.2, -0.15) is 0 Å². The minimum Gasteiger partial charge on any atom is -0.310 e. The number of ketones is 2. The van der Waals surface area contributed by atoms with Crippen molar-refractivity contribution in [2.75, 3.05) is 4.90 Å². The van der Waals surface area contributed by atoms with E-state index in [1.807, 2.05) is 31.2 Å². The van der Waals surface area contributed by atoms with Crippen LogP contribution in [0, 0.1) is 23.3 Å². The molecule has 48 heavy (non-hydrogen) atoms. The molecular weight excluding hydrogens is 631 g/mol. The number of Topliss-reactive ketones (excluding diaryl/α,β-unsaturated/α-hetero) is 2. The van der Waals surface area contributed by atoms with Crippen molar-refractivity contribution in [3.8, 4) is 0 Å². The van der Waals surface area contributed by atoms with E-state index >= 15 is 0 Å². The van der Waals surface area contributed by atoms with Crippen LogP contribution in [-0.2, 0) is 5.41 Å². The maximum Gasteiger partial charge on any atom is 0.200 e. The molecule has 0 N–H and O–H groups in total. The summed E-state index contributed by atoms with van der Waals surface area (Å²) in [5.41, 5.74) is 2.68. The Hall–Kier alpha value is -4.82. The average Bonchev–Trinajstić information content (AvgIpc) is 3.29. The highest BCUT2D eigenvalue weighted by Gasteiger charge is 2.42. The number of benzene rings is 3. The van der Waals surface area contributed by atoms with Crippen molar-refractivity contribution in [3.05, 3.63) is 160 Å². The van der Waals surface area contributed by atoms with Crippen molar-refractivity contribution in [1.29, 1.82) is 0 Å². The van der Waals surface area contributed by atoms with Gasteiger partial charge in [0, 0.05) is 11.1 Å². The standard InChI is InChI=1S/C40H37F4NO2Si/c1-9-13-30-33(40(4,5)28-14-11-12-15-29(28)45(30)25-18-20-26(21-19-25)48(6,7)8)23(3)16-17-24(10-2)22-27-38(46)31-32(39(27)47)35(42)37(44)36(43)34(31)41/h9-22H,3H2,1-2,4-8H3/b13-9-,17-16-,24-10+. The number of hydrogen-bond acceptors (Lipinski definition) is 3. The van der Waals surface area contributed by atoms with Gasteiger partial charge in [0.25, 0.3) is 0 Å². The van der Waals surface area contributed by atoms with Gasteiger partial charge in [-0.1, -0.05) is 99.9 Å². The molecule has 1 aliphatic carbocycles. The fourth-order valence-electron chi connectivity index (χ4n) is 6.40. The number of carbonyl (C=O) groups is 2. The van der Waals surface area contributed by atoms with Gasteiger partial charge in [-0.15, -0.1) is 0 Å². The quantitative estimate of drug-likeness (QED) is 0.0479. The summed E-state index contributed by atoms with van der Waals surface area (Å²) in [6.07, 6.45) is 10.2. The first-order valence-electron chi connectivity index (χ1n) is 15.6. The van der Waals surface area contributed by atoms with Crippen molar-refractivity contribution in [1.82, 2.24) is 0 Å². The molecule has 3 aromatic carbocycles. The van der Waals surface area contributed by atoms with Gasteiger partial charge < -0.3 is 4.90 Å². The van der Waals surface area contributed by atoms with E-state index in [9.17, 15) is 27.2 Å². The molecule has 0 fully saturated rings. The van der Waals surface area contributed by atoms with E-state index in [1.54, 1.807) is 25.2 Å². The van der Waals surface area contributed by atoms with Crippen LogP contribution in [0.1, 0.15) is 54.0 Å². The Bertz CT molecular complexity index is 1990. The van der Waals surface area contributed by atoms with Gasteiger partial charge in [0.2, 0.25) is 11.6 Å². The number of fused-ring (bicyclic) bond motifs is 2. The molecule has 5 rings (SSSR count). The number of nitrogens with zero attached hydrogens (tertiary/aromatic N) is 1. The summed E-state index contributed by atoms with van der Waals surface area (Å²) in [6, 6.07) is 16.9. The molecule has 2 aliphatic rings. The van der Waals surface area contributed by atoms with Gasteiger partial charge in [0.15, 0.2) is 23.3 Å². The third kappa shape index (κ3) is 5.68. The lowest BCUT2D eigenvalue weighted by molar-refractivity contribution is 0.0986. The van der Waals surface area contributed by atoms with Crippen LogP contribution in [0.3, 0.4) is 0 Å². The van der Waals surface area contributed by atoms with Crippen LogP contribution in [0.4, 0.5) is 28.9 Å². The van der Waals surface area contributed by atoms with Gasteiger partial charge in [-0.05, 0) is 66.5 Å². The molecule has 0 saturated carbocycles. The lowest BCUT2D eigenvalue weighted by Gasteiger charge is -2.43. The second-order valence-electron chi connectivity index (χ2n) is 13.4. The predicted octanol–water partition coefficient (Wildman–Crippen LogP) is 10.1. The molecule has 0 radical (unpaired) electrons. The number of para-hydroxylation sites is 1. The maximum atomic E-state index is 14.5. The van der Waals surface area contributed by atoms with Crippen molar-refractivity contribution >= 4 is 36.2 Å². The molecule has 0 saturated heterocycles. The van der Waals surface area contributed by atoms with Crippen molar-refractivity contribution in [3.63, 3.8) is 0 Å². The topological polar surface area (TPSA) is 37.4 Å². The number of hydrogen-bond donors (Lipinski definition) is 0. The molecule has 0 atom stereocenters. The largest absolute Gasteiger partial charge is 0.310 e. The highest BCUT2D eigenvalue weighted by Crippen LogP contribution is 2.50. The van der Waals surface area contributed by atoms with Crippen LogP contribution in [-0.4, -0.2) is 19.6 Å². The lowest BCUT2D eigenvalue weighted by Crippen LogP contribution is -2.38. The van der Waals surface area contributed by atoms with Gasteiger partial charge >= 0.3 is 0 Å². The number of rotatable bonds is 7. The molecule has 1 aliphatic heterocycles. The van der Waals surface area contributed by atoms with Gasteiger partial charge in [0.1, 0.15) is 0 Å². The number of anilines is 2. The first kappa shape index (κ1) is 34.5. The molecule has 3 nitrogen and oxygen atoms in total. The summed E-state index contributed by atoms with van der Waals surface area (Å²) in [4.78, 5) is 28.2. The number of halogens is 4. The average molecular weight is 668 g/mol. The molecule has 1 heterocycles. The zero-order valence-electron chi connectivity index (χ0n) is 28.1. The molecule has 0 amide bonds. The van der Waals surface area contributed by atoms with Gasteiger partial charge in [-0.3, -0.25) is 9.59 Å². The fourth-order valence-corrected chi connectivity index (χ4v) is 7.57. The lowest BCUT2D eigenvalue weighted by atomic mass is 9.70. The summed E-state index contributed by atoms with van der Waals surface area (Å²) in [6.45, 7) is 19.2. The van der Waals surface area contributed by atoms with Crippen LogP contribution in [0.25, 0.3) is 0 Å². The van der Waals surface area contributed by atoms with Gasteiger partial charge in [0.05, 0.1) is 36.2 Å². The first-order chi connectivity index (χ1) is 22.6. The normalized spacial score (nSPS) is 16.4. The Morgan fingerprint density at radius 2 is 1.38 bits per heavy atom. The van der Waals surface area contributed by atoms with E-state index in [-0.39, 0.29) is 0 Å². The van der Waals surface area contributed by atoms with Crippen molar-refractivity contribution in [2.45, 2.75) is 52.8 Å². The van der Waals surface area contributed by atoms with Crippen molar-refractivity contribution < 1.29 is 27.2 Å². The molecule has 8 heteroatoms. The molecular formula is C40H37F4NO2Si. The van der Waals surface area contributed by atoms with Crippen molar-refractivity contribution in [2.24, 2.45) is 0 Å². The summed E-state index contributed by atoms with van der Waals surface area (Å²) in [5.74, 6) is -10.5. The summed E-state index contributed by atoms with van der Waals surface area (Å²) < 4.78 is 56.8. The second-order valence-corrected chi connectivity index (χ2v) is 18.5. The Labute approximate surface area is 280 Å². The van der Waals surface area contributed by atoms with E-state index in [0.717, 1.165) is 34.3 Å². The van der Waals surface area contributed by atoms with E-state index in [0.29, 0.717) is 11.1 Å². The monoisotopic (exact) mass is 667 g/mol. The predicted molar refractivity (Wildman–Crippen MR) is 188 cm³/mol. The molecule has 246 valence electrons. The van der Waals surface area contributed by atoms with Crippen LogP contribution < -0.4 is 10.1 Å². The Morgan fingerprint density at radius 1 is 0.812 bits per heavy atom. The molecule has 3 aromatic rings. The van der Waals surface area contributed by atoms with Crippen LogP contribution in [0.5, 0.6) is 0 Å². The fraction of sp³-hybridized carbons (Fsp3) is 0.200. The zero-order chi connectivity index (χ0) is 35.3. The highest BCUT2D eigenvalue weighted by molar-refractivity contribution is 6.88. The summed E-state index contributed by atoms with van der Waals surface area (Å²) in [5, 5.41) is 1.34. The second kappa shape index (κ2) is 12.7. The summed E-state index contributed by atoms with van der Waals surface area (Å²) >= 11 is 0. The molecule has 0 unspecified atom stereocenters. The maximum absolute atomic E-state index is 14.5. The first-order valence-corrected chi connectivity index (χ1v) is 19.1. The van der Waals surface area contributed by atoms with Crippen LogP contribution in [0.15, 0.2) is 120 Å². The SMILES string of the molecule is C=C(/C=C\C(C=C1C(=O)c2c(F)c(F)c(F)c(F)c2C1=O)=C/C)C1=C(/C=C\C)N(c2ccc([Si](C)(C)C)cc2)c2ccccc2C1(C)C. The van der Waals surface area contributed by atoms with E-state index in [2.05, 4.69) is 81.4 Å². The smallest absolute Gasteiger partial charge is 0.200 e. The minimum atomic E-state index is -2.14. The third-order valence-electron chi connectivity index (χ3n) is 8.91. The number of carbonyl (C=O) groups excluding carboxylic acids is 2. The van der Waals surface area contributed by atoms with E-state index in [1.165, 1.54) is 5.19 Å². The molecule has 0 bridgehead atoms.